The van der Waals surface area contributed by atoms with Crippen molar-refractivity contribution in [2.24, 2.45) is 5.92 Å². The first kappa shape index (κ1) is 22.3. The van der Waals surface area contributed by atoms with E-state index in [4.69, 9.17) is 4.74 Å². The van der Waals surface area contributed by atoms with Crippen molar-refractivity contribution in [3.05, 3.63) is 81.4 Å². The number of H-pyrrole nitrogens is 1. The molecule has 5 rings (SSSR count). The number of hydrogen-bond donors (Lipinski definition) is 1. The molecular weight excluding hydrogens is 428 g/mol. The zero-order valence-electron chi connectivity index (χ0n) is 19.9. The summed E-state index contributed by atoms with van der Waals surface area (Å²) in [6.07, 6.45) is 2.27. The number of aromatic amines is 1. The third-order valence-corrected chi connectivity index (χ3v) is 6.67. The fraction of sp³-hybridized carbons (Fsp3) is 0.385. The maximum absolute atomic E-state index is 13.3. The molecule has 0 bridgehead atoms. The topological polar surface area (TPSA) is 88.9 Å². The average molecular weight is 459 g/mol. The molecule has 1 saturated heterocycles. The molecule has 0 amide bonds. The lowest BCUT2D eigenvalue weighted by Crippen LogP contribution is -2.41. The minimum atomic E-state index is -0.329. The summed E-state index contributed by atoms with van der Waals surface area (Å²) in [4.78, 5) is 18.8. The minimum absolute atomic E-state index is 0.0985. The van der Waals surface area contributed by atoms with E-state index in [0.29, 0.717) is 23.9 Å². The molecule has 8 nitrogen and oxygen atoms in total. The largest absolute Gasteiger partial charge is 0.497 e. The fourth-order valence-corrected chi connectivity index (χ4v) is 4.93. The van der Waals surface area contributed by atoms with Gasteiger partial charge in [-0.15, -0.1) is 5.10 Å². The number of tetrazole rings is 1. The highest BCUT2D eigenvalue weighted by Gasteiger charge is 2.32. The molecule has 1 aliphatic rings. The Morgan fingerprint density at radius 3 is 2.76 bits per heavy atom. The van der Waals surface area contributed by atoms with Crippen LogP contribution in [-0.2, 0) is 6.54 Å². The van der Waals surface area contributed by atoms with Crippen LogP contribution in [0.3, 0.4) is 0 Å². The van der Waals surface area contributed by atoms with Gasteiger partial charge in [0.15, 0.2) is 5.82 Å². The Morgan fingerprint density at radius 1 is 1.18 bits per heavy atom. The Balaban J connectivity index is 1.59. The van der Waals surface area contributed by atoms with Gasteiger partial charge in [-0.1, -0.05) is 30.7 Å². The number of hydrogen-bond acceptors (Lipinski definition) is 6. The predicted octanol–water partition coefficient (Wildman–Crippen LogP) is 3.70. The number of benzene rings is 2. The third kappa shape index (κ3) is 4.46. The summed E-state index contributed by atoms with van der Waals surface area (Å²) >= 11 is 0. The van der Waals surface area contributed by atoms with E-state index in [1.807, 2.05) is 47.1 Å². The number of fused-ring (bicyclic) bond motifs is 1. The lowest BCUT2D eigenvalue weighted by atomic mass is 9.95. The van der Waals surface area contributed by atoms with E-state index in [-0.39, 0.29) is 11.6 Å². The number of rotatable bonds is 6. The first-order valence-electron chi connectivity index (χ1n) is 11.8. The zero-order valence-corrected chi connectivity index (χ0v) is 19.9. The molecule has 0 aliphatic carbocycles. The second-order valence-corrected chi connectivity index (χ2v) is 9.33. The van der Waals surface area contributed by atoms with Crippen molar-refractivity contribution in [2.45, 2.75) is 39.3 Å². The summed E-state index contributed by atoms with van der Waals surface area (Å²) in [5.41, 5.74) is 3.63. The Bertz CT molecular complexity index is 1340. The number of piperidine rings is 1. The maximum Gasteiger partial charge on any atom is 0.253 e. The van der Waals surface area contributed by atoms with Crippen LogP contribution in [0, 0.1) is 12.8 Å². The van der Waals surface area contributed by atoms with Gasteiger partial charge in [0, 0.05) is 17.6 Å². The van der Waals surface area contributed by atoms with Gasteiger partial charge in [0.05, 0.1) is 13.7 Å². The van der Waals surface area contributed by atoms with E-state index >= 15 is 0 Å². The van der Waals surface area contributed by atoms with Gasteiger partial charge in [0.1, 0.15) is 11.8 Å². The van der Waals surface area contributed by atoms with Gasteiger partial charge in [0.2, 0.25) is 0 Å². The van der Waals surface area contributed by atoms with Gasteiger partial charge in [-0.3, -0.25) is 9.69 Å². The second-order valence-electron chi connectivity index (χ2n) is 9.33. The van der Waals surface area contributed by atoms with Crippen molar-refractivity contribution in [1.29, 1.82) is 0 Å². The Hall–Kier alpha value is -3.52. The molecule has 4 aromatic rings. The molecule has 8 heteroatoms. The van der Waals surface area contributed by atoms with Crippen LogP contribution >= 0.6 is 0 Å². The molecule has 34 heavy (non-hydrogen) atoms. The van der Waals surface area contributed by atoms with Crippen LogP contribution in [0.5, 0.6) is 5.75 Å². The lowest BCUT2D eigenvalue weighted by Gasteiger charge is -2.36. The van der Waals surface area contributed by atoms with Crippen LogP contribution in [-0.4, -0.2) is 50.3 Å². The summed E-state index contributed by atoms with van der Waals surface area (Å²) in [6, 6.07) is 15.6. The molecule has 2 atom stereocenters. The highest BCUT2D eigenvalue weighted by Crippen LogP contribution is 2.31. The Labute approximate surface area is 198 Å². The summed E-state index contributed by atoms with van der Waals surface area (Å²) in [7, 11) is 1.65. The number of nitrogens with one attached hydrogen (secondary N) is 1. The third-order valence-electron chi connectivity index (χ3n) is 6.67. The van der Waals surface area contributed by atoms with Crippen LogP contribution < -0.4 is 10.3 Å². The van der Waals surface area contributed by atoms with Crippen molar-refractivity contribution in [2.75, 3.05) is 20.2 Å². The first-order valence-corrected chi connectivity index (χ1v) is 11.8. The van der Waals surface area contributed by atoms with Crippen LogP contribution in [0.4, 0.5) is 0 Å². The fourth-order valence-electron chi connectivity index (χ4n) is 4.93. The summed E-state index contributed by atoms with van der Waals surface area (Å²) in [5, 5.41) is 13.8. The van der Waals surface area contributed by atoms with Gasteiger partial charge in [0.25, 0.3) is 5.56 Å². The second kappa shape index (κ2) is 9.38. The molecular formula is C26H30N6O2. The van der Waals surface area contributed by atoms with Crippen molar-refractivity contribution >= 4 is 10.9 Å². The van der Waals surface area contributed by atoms with E-state index in [2.05, 4.69) is 45.3 Å². The molecule has 1 fully saturated rings. The molecule has 0 saturated carbocycles. The Kier molecular flexibility index (Phi) is 6.15. The number of aromatic nitrogens is 5. The van der Waals surface area contributed by atoms with E-state index in [1.165, 1.54) is 6.42 Å². The maximum atomic E-state index is 13.3. The van der Waals surface area contributed by atoms with E-state index in [1.54, 1.807) is 7.11 Å². The highest BCUT2D eigenvalue weighted by molar-refractivity contribution is 5.79. The van der Waals surface area contributed by atoms with Gasteiger partial charge in [-0.2, -0.15) is 0 Å². The number of aryl methyl sites for hydroxylation is 1. The SMILES string of the molecule is COc1ccc(Cn2nnnc2[C@H](c2cc3cc(C)ccc3[nH]c2=O)N2CCC[C@H](C)C2)cc1. The van der Waals surface area contributed by atoms with Crippen LogP contribution in [0.2, 0.25) is 0 Å². The molecule has 1 aliphatic heterocycles. The predicted molar refractivity (Wildman–Crippen MR) is 131 cm³/mol. The lowest BCUT2D eigenvalue weighted by molar-refractivity contribution is 0.141. The monoisotopic (exact) mass is 458 g/mol. The number of ether oxygens (including phenoxy) is 1. The average Bonchev–Trinajstić information content (AvgIpc) is 3.28. The van der Waals surface area contributed by atoms with Crippen molar-refractivity contribution in [3.63, 3.8) is 0 Å². The molecule has 2 aromatic carbocycles. The van der Waals surface area contributed by atoms with E-state index < -0.39 is 0 Å². The van der Waals surface area contributed by atoms with Crippen molar-refractivity contribution < 1.29 is 4.74 Å². The quantitative estimate of drug-likeness (QED) is 0.474. The molecule has 1 N–H and O–H groups in total. The first-order chi connectivity index (χ1) is 16.5. The summed E-state index contributed by atoms with van der Waals surface area (Å²) in [6.45, 7) is 6.62. The number of likely N-dealkylation sites (tertiary alicyclic amines) is 1. The molecule has 0 unspecified atom stereocenters. The van der Waals surface area contributed by atoms with Gasteiger partial charge >= 0.3 is 0 Å². The van der Waals surface area contributed by atoms with E-state index in [9.17, 15) is 4.79 Å². The molecule has 0 radical (unpaired) electrons. The number of pyridine rings is 1. The highest BCUT2D eigenvalue weighted by atomic mass is 16.5. The molecule has 3 heterocycles. The minimum Gasteiger partial charge on any atom is -0.497 e. The number of nitrogens with zero attached hydrogens (tertiary/aromatic N) is 5. The van der Waals surface area contributed by atoms with Crippen LogP contribution in [0.1, 0.15) is 48.3 Å². The molecule has 0 spiro atoms. The standard InChI is InChI=1S/C26H30N6O2/c1-17-6-11-23-20(13-17)14-22(26(33)27-23)24(31-12-4-5-18(2)15-31)25-28-29-30-32(25)16-19-7-9-21(34-3)10-8-19/h6-11,13-14,18,24H,4-5,12,15-16H2,1-3H3,(H,27,33)/t18-,24-/m0/s1. The molecule has 176 valence electrons. The van der Waals surface area contributed by atoms with Gasteiger partial charge in [-0.05, 0) is 83.9 Å². The van der Waals surface area contributed by atoms with Crippen molar-refractivity contribution in [1.82, 2.24) is 30.1 Å². The number of methoxy groups -OCH3 is 1. The van der Waals surface area contributed by atoms with Gasteiger partial charge in [-0.25, -0.2) is 4.68 Å². The van der Waals surface area contributed by atoms with E-state index in [0.717, 1.165) is 47.3 Å². The smallest absolute Gasteiger partial charge is 0.253 e. The summed E-state index contributed by atoms with van der Waals surface area (Å²) in [5.74, 6) is 2.03. The van der Waals surface area contributed by atoms with Gasteiger partial charge < -0.3 is 9.72 Å². The normalized spacial score (nSPS) is 17.7. The van der Waals surface area contributed by atoms with Crippen molar-refractivity contribution in [3.8, 4) is 5.75 Å². The van der Waals surface area contributed by atoms with Crippen LogP contribution in [0.15, 0.2) is 53.3 Å². The zero-order chi connectivity index (χ0) is 23.7. The molecule has 2 aromatic heterocycles. The Morgan fingerprint density at radius 2 is 2.00 bits per heavy atom. The van der Waals surface area contributed by atoms with Crippen LogP contribution in [0.25, 0.3) is 10.9 Å². The summed E-state index contributed by atoms with van der Waals surface area (Å²) < 4.78 is 7.09.